The van der Waals surface area contributed by atoms with E-state index in [1.807, 2.05) is 73.7 Å². The zero-order valence-electron chi connectivity index (χ0n) is 16.0. The number of nitrogens with one attached hydrogen (secondary N) is 3. The van der Waals surface area contributed by atoms with E-state index in [1.54, 1.807) is 12.1 Å². The van der Waals surface area contributed by atoms with Crippen LogP contribution < -0.4 is 16.0 Å². The molecule has 0 radical (unpaired) electrons. The molecule has 0 saturated carbocycles. The van der Waals surface area contributed by atoms with E-state index >= 15 is 0 Å². The Morgan fingerprint density at radius 2 is 1.41 bits per heavy atom. The third-order valence-corrected chi connectivity index (χ3v) is 4.61. The molecular formula is C23H22ClN3O2. The molecule has 0 aliphatic carbocycles. The molecule has 0 fully saturated rings. The van der Waals surface area contributed by atoms with Crippen molar-refractivity contribution in [2.75, 3.05) is 10.6 Å². The van der Waals surface area contributed by atoms with Gasteiger partial charge in [0.1, 0.15) is 0 Å². The van der Waals surface area contributed by atoms with E-state index < -0.39 is 0 Å². The van der Waals surface area contributed by atoms with Gasteiger partial charge in [-0.15, -0.1) is 0 Å². The summed E-state index contributed by atoms with van der Waals surface area (Å²) in [5.41, 5.74) is 3.24. The van der Waals surface area contributed by atoms with Gasteiger partial charge in [0, 0.05) is 16.4 Å². The van der Waals surface area contributed by atoms with Crippen molar-refractivity contribution < 1.29 is 9.59 Å². The number of halogens is 1. The molecule has 3 aromatic rings. The van der Waals surface area contributed by atoms with E-state index in [-0.39, 0.29) is 18.0 Å². The summed E-state index contributed by atoms with van der Waals surface area (Å²) in [6.07, 6.45) is 0.292. The normalized spacial score (nSPS) is 11.4. The quantitative estimate of drug-likeness (QED) is 0.511. The fourth-order valence-electron chi connectivity index (χ4n) is 2.83. The molecule has 148 valence electrons. The number of anilines is 2. The molecule has 0 aliphatic rings. The number of urea groups is 1. The summed E-state index contributed by atoms with van der Waals surface area (Å²) in [4.78, 5) is 24.3. The Hall–Kier alpha value is -3.31. The van der Waals surface area contributed by atoms with Gasteiger partial charge in [0.15, 0.2) is 0 Å². The Labute approximate surface area is 175 Å². The fourth-order valence-corrected chi connectivity index (χ4v) is 2.96. The summed E-state index contributed by atoms with van der Waals surface area (Å²) < 4.78 is 0. The van der Waals surface area contributed by atoms with Crippen LogP contribution in [0.3, 0.4) is 0 Å². The van der Waals surface area contributed by atoms with Crippen LogP contribution in [0.25, 0.3) is 0 Å². The van der Waals surface area contributed by atoms with Crippen molar-refractivity contribution in [1.29, 1.82) is 0 Å². The lowest BCUT2D eigenvalue weighted by Gasteiger charge is -2.15. The predicted octanol–water partition coefficient (Wildman–Crippen LogP) is 5.40. The molecule has 0 aromatic heterocycles. The minimum absolute atomic E-state index is 0.0655. The van der Waals surface area contributed by atoms with Gasteiger partial charge in [-0.2, -0.15) is 0 Å². The van der Waals surface area contributed by atoms with Gasteiger partial charge in [-0.3, -0.25) is 4.79 Å². The first-order valence-electron chi connectivity index (χ1n) is 9.26. The summed E-state index contributed by atoms with van der Waals surface area (Å²) in [5, 5.41) is 9.18. The molecule has 0 saturated heterocycles. The Balaban J connectivity index is 1.51. The van der Waals surface area contributed by atoms with Crippen LogP contribution in [0.2, 0.25) is 5.02 Å². The number of rotatable bonds is 6. The van der Waals surface area contributed by atoms with Crippen LogP contribution in [-0.2, 0) is 11.2 Å². The average molecular weight is 408 g/mol. The third-order valence-electron chi connectivity index (χ3n) is 4.36. The first-order valence-corrected chi connectivity index (χ1v) is 9.64. The monoisotopic (exact) mass is 407 g/mol. The molecule has 0 heterocycles. The first-order chi connectivity index (χ1) is 14.0. The van der Waals surface area contributed by atoms with Gasteiger partial charge < -0.3 is 16.0 Å². The maximum atomic E-state index is 12.3. The first kappa shape index (κ1) is 20.4. The molecule has 29 heavy (non-hydrogen) atoms. The number of hydrogen-bond donors (Lipinski definition) is 3. The maximum absolute atomic E-state index is 12.3. The summed E-state index contributed by atoms with van der Waals surface area (Å²) in [6.45, 7) is 1.92. The Morgan fingerprint density at radius 1 is 0.828 bits per heavy atom. The molecule has 0 bridgehead atoms. The van der Waals surface area contributed by atoms with Gasteiger partial charge in [0.05, 0.1) is 12.5 Å². The lowest BCUT2D eigenvalue weighted by Crippen LogP contribution is -2.28. The molecule has 3 rings (SSSR count). The molecular weight excluding hydrogens is 386 g/mol. The molecule has 5 nitrogen and oxygen atoms in total. The zero-order chi connectivity index (χ0) is 20.6. The number of carbonyl (C=O) groups is 2. The van der Waals surface area contributed by atoms with Crippen LogP contribution >= 0.6 is 11.6 Å². The average Bonchev–Trinajstić information content (AvgIpc) is 2.71. The van der Waals surface area contributed by atoms with Crippen LogP contribution in [0.1, 0.15) is 24.1 Å². The largest absolute Gasteiger partial charge is 0.349 e. The minimum Gasteiger partial charge on any atom is -0.349 e. The molecule has 3 amide bonds. The van der Waals surface area contributed by atoms with Crippen LogP contribution in [0, 0.1) is 0 Å². The second-order valence-corrected chi connectivity index (χ2v) is 7.10. The van der Waals surface area contributed by atoms with Crippen LogP contribution in [0.4, 0.5) is 16.2 Å². The standard InChI is InChI=1S/C23H22ClN3O2/c1-16(25-22(28)15-17-7-11-19(24)12-8-17)18-9-13-21(14-10-18)27-23(29)26-20-5-3-2-4-6-20/h2-14,16H,15H2,1H3,(H,25,28)(H2,26,27,29). The van der Waals surface area contributed by atoms with Crippen molar-refractivity contribution in [2.45, 2.75) is 19.4 Å². The van der Waals surface area contributed by atoms with Crippen LogP contribution in [0.5, 0.6) is 0 Å². The summed E-state index contributed by atoms with van der Waals surface area (Å²) in [7, 11) is 0. The third kappa shape index (κ3) is 6.36. The molecule has 1 unspecified atom stereocenters. The second-order valence-electron chi connectivity index (χ2n) is 6.66. The second kappa shape index (κ2) is 9.75. The van der Waals surface area contributed by atoms with Gasteiger partial charge in [-0.1, -0.05) is 54.1 Å². The van der Waals surface area contributed by atoms with Crippen molar-refractivity contribution in [3.05, 3.63) is 95.0 Å². The SMILES string of the molecule is CC(NC(=O)Cc1ccc(Cl)cc1)c1ccc(NC(=O)Nc2ccccc2)cc1. The molecule has 1 atom stereocenters. The van der Waals surface area contributed by atoms with Gasteiger partial charge in [0.25, 0.3) is 0 Å². The van der Waals surface area contributed by atoms with Gasteiger partial charge in [-0.05, 0) is 54.4 Å². The van der Waals surface area contributed by atoms with E-state index in [1.165, 1.54) is 0 Å². The van der Waals surface area contributed by atoms with E-state index in [9.17, 15) is 9.59 Å². The van der Waals surface area contributed by atoms with E-state index in [2.05, 4.69) is 16.0 Å². The maximum Gasteiger partial charge on any atom is 0.323 e. The number of amides is 3. The number of benzene rings is 3. The lowest BCUT2D eigenvalue weighted by molar-refractivity contribution is -0.121. The molecule has 0 spiro atoms. The topological polar surface area (TPSA) is 70.2 Å². The van der Waals surface area contributed by atoms with Crippen molar-refractivity contribution in [3.8, 4) is 0 Å². The lowest BCUT2D eigenvalue weighted by atomic mass is 10.1. The molecule has 3 aromatic carbocycles. The Morgan fingerprint density at radius 3 is 2.03 bits per heavy atom. The highest BCUT2D eigenvalue weighted by Gasteiger charge is 2.11. The molecule has 3 N–H and O–H groups in total. The highest BCUT2D eigenvalue weighted by Crippen LogP contribution is 2.17. The van der Waals surface area contributed by atoms with Crippen LogP contribution in [-0.4, -0.2) is 11.9 Å². The molecule has 0 aliphatic heterocycles. The van der Waals surface area contributed by atoms with E-state index in [0.717, 1.165) is 16.8 Å². The highest BCUT2D eigenvalue weighted by atomic mass is 35.5. The summed E-state index contributed by atoms with van der Waals surface area (Å²) in [5.74, 6) is -0.0655. The van der Waals surface area contributed by atoms with Gasteiger partial charge in [0.2, 0.25) is 5.91 Å². The Kier molecular flexibility index (Phi) is 6.87. The van der Waals surface area contributed by atoms with Gasteiger partial charge >= 0.3 is 6.03 Å². The van der Waals surface area contributed by atoms with Crippen LogP contribution in [0.15, 0.2) is 78.9 Å². The number of para-hydroxylation sites is 1. The van der Waals surface area contributed by atoms with E-state index in [0.29, 0.717) is 17.1 Å². The number of carbonyl (C=O) groups excluding carboxylic acids is 2. The zero-order valence-corrected chi connectivity index (χ0v) is 16.7. The summed E-state index contributed by atoms with van der Waals surface area (Å²) >= 11 is 5.87. The van der Waals surface area contributed by atoms with Crippen molar-refractivity contribution in [1.82, 2.24) is 5.32 Å². The predicted molar refractivity (Wildman–Crippen MR) is 117 cm³/mol. The fraction of sp³-hybridized carbons (Fsp3) is 0.130. The van der Waals surface area contributed by atoms with Gasteiger partial charge in [-0.25, -0.2) is 4.79 Å². The van der Waals surface area contributed by atoms with Crippen molar-refractivity contribution in [3.63, 3.8) is 0 Å². The minimum atomic E-state index is -0.312. The summed E-state index contributed by atoms with van der Waals surface area (Å²) in [6, 6.07) is 23.4. The van der Waals surface area contributed by atoms with Crippen molar-refractivity contribution >= 4 is 34.9 Å². The van der Waals surface area contributed by atoms with E-state index in [4.69, 9.17) is 11.6 Å². The Bertz CT molecular complexity index is 958. The smallest absolute Gasteiger partial charge is 0.323 e. The van der Waals surface area contributed by atoms with Crippen molar-refractivity contribution in [2.24, 2.45) is 0 Å². The molecule has 6 heteroatoms. The highest BCUT2D eigenvalue weighted by molar-refractivity contribution is 6.30. The number of hydrogen-bond acceptors (Lipinski definition) is 2.